The van der Waals surface area contributed by atoms with Crippen LogP contribution in [-0.2, 0) is 6.54 Å². The Morgan fingerprint density at radius 3 is 2.80 bits per heavy atom. The van der Waals surface area contributed by atoms with Gasteiger partial charge < -0.3 is 20.3 Å². The summed E-state index contributed by atoms with van der Waals surface area (Å²) in [5, 5.41) is 17.6. The van der Waals surface area contributed by atoms with E-state index >= 15 is 0 Å². The third kappa shape index (κ3) is 3.48. The van der Waals surface area contributed by atoms with E-state index in [1.165, 1.54) is 24.4 Å². The molecule has 0 unspecified atom stereocenters. The fraction of sp³-hybridized carbons (Fsp3) is 0.0833. The molecule has 2 rings (SSSR count). The number of aromatic nitrogens is 1. The number of carbonyl (C=O) groups is 2. The van der Waals surface area contributed by atoms with Gasteiger partial charge in [-0.1, -0.05) is 16.8 Å². The van der Waals surface area contributed by atoms with E-state index in [2.05, 4.69) is 15.8 Å². The van der Waals surface area contributed by atoms with Crippen LogP contribution >= 0.6 is 11.6 Å². The first-order chi connectivity index (χ1) is 9.56. The summed E-state index contributed by atoms with van der Waals surface area (Å²) in [6.07, 6.45) is 1.46. The van der Waals surface area contributed by atoms with Gasteiger partial charge in [-0.2, -0.15) is 0 Å². The van der Waals surface area contributed by atoms with Gasteiger partial charge in [-0.05, 0) is 18.2 Å². The SMILES string of the molecule is O=C(NCc1ccno1)Nc1cc(C(=O)O)ccc1Cl. The standard InChI is InChI=1S/C12H10ClN3O4/c13-9-2-1-7(11(17)18)5-10(9)16-12(19)14-6-8-3-4-15-20-8/h1-5H,6H2,(H,17,18)(H2,14,16,19). The minimum absolute atomic E-state index is 0.0277. The Balaban J connectivity index is 2.00. The molecular formula is C12H10ClN3O4. The first-order valence-corrected chi connectivity index (χ1v) is 5.91. The van der Waals surface area contributed by atoms with Crippen LogP contribution in [0.15, 0.2) is 35.0 Å². The zero-order valence-electron chi connectivity index (χ0n) is 10.1. The molecule has 104 valence electrons. The number of hydrogen-bond acceptors (Lipinski definition) is 4. The summed E-state index contributed by atoms with van der Waals surface area (Å²) in [4.78, 5) is 22.5. The number of carbonyl (C=O) groups excluding carboxylic acids is 1. The molecule has 20 heavy (non-hydrogen) atoms. The van der Waals surface area contributed by atoms with Gasteiger partial charge in [0.2, 0.25) is 0 Å². The van der Waals surface area contributed by atoms with E-state index in [4.69, 9.17) is 21.2 Å². The molecular weight excluding hydrogens is 286 g/mol. The van der Waals surface area contributed by atoms with Gasteiger partial charge in [-0.3, -0.25) is 0 Å². The van der Waals surface area contributed by atoms with Crippen molar-refractivity contribution in [1.29, 1.82) is 0 Å². The summed E-state index contributed by atoms with van der Waals surface area (Å²) in [5.74, 6) is -0.614. The molecule has 7 nitrogen and oxygen atoms in total. The molecule has 0 bridgehead atoms. The molecule has 1 aromatic carbocycles. The molecule has 3 N–H and O–H groups in total. The number of carboxylic acid groups (broad SMARTS) is 1. The zero-order chi connectivity index (χ0) is 14.5. The van der Waals surface area contributed by atoms with Gasteiger partial charge in [-0.25, -0.2) is 9.59 Å². The highest BCUT2D eigenvalue weighted by Crippen LogP contribution is 2.23. The lowest BCUT2D eigenvalue weighted by Gasteiger charge is -2.08. The van der Waals surface area contributed by atoms with Crippen molar-refractivity contribution in [3.05, 3.63) is 46.8 Å². The van der Waals surface area contributed by atoms with Crippen LogP contribution in [0.5, 0.6) is 0 Å². The fourth-order valence-corrected chi connectivity index (χ4v) is 1.59. The van der Waals surface area contributed by atoms with Gasteiger partial charge in [0.05, 0.1) is 29.0 Å². The number of urea groups is 1. The summed E-state index contributed by atoms with van der Waals surface area (Å²) in [5.41, 5.74) is 0.238. The van der Waals surface area contributed by atoms with Crippen LogP contribution in [0, 0.1) is 0 Å². The largest absolute Gasteiger partial charge is 0.478 e. The maximum Gasteiger partial charge on any atom is 0.335 e. The zero-order valence-corrected chi connectivity index (χ0v) is 10.8. The van der Waals surface area contributed by atoms with Crippen molar-refractivity contribution in [1.82, 2.24) is 10.5 Å². The van der Waals surface area contributed by atoms with Crippen molar-refractivity contribution < 1.29 is 19.2 Å². The Morgan fingerprint density at radius 1 is 1.35 bits per heavy atom. The third-order valence-electron chi connectivity index (χ3n) is 2.38. The Hall–Kier alpha value is -2.54. The third-order valence-corrected chi connectivity index (χ3v) is 2.71. The lowest BCUT2D eigenvalue weighted by Crippen LogP contribution is -2.28. The number of carboxylic acids is 1. The molecule has 0 aliphatic heterocycles. The average molecular weight is 296 g/mol. The molecule has 0 spiro atoms. The molecule has 0 saturated carbocycles. The van der Waals surface area contributed by atoms with E-state index in [1.54, 1.807) is 6.07 Å². The summed E-state index contributed by atoms with van der Waals surface area (Å²) >= 11 is 5.88. The van der Waals surface area contributed by atoms with Crippen molar-refractivity contribution in [3.8, 4) is 0 Å². The molecule has 0 fully saturated rings. The Kier molecular flexibility index (Phi) is 4.21. The molecule has 1 heterocycles. The Labute approximate surface area is 118 Å². The number of benzene rings is 1. The maximum atomic E-state index is 11.7. The number of amides is 2. The second kappa shape index (κ2) is 6.07. The topological polar surface area (TPSA) is 104 Å². The number of aromatic carboxylic acids is 1. The monoisotopic (exact) mass is 295 g/mol. The van der Waals surface area contributed by atoms with Gasteiger partial charge in [0.1, 0.15) is 0 Å². The number of hydrogen-bond donors (Lipinski definition) is 3. The lowest BCUT2D eigenvalue weighted by molar-refractivity contribution is 0.0697. The van der Waals surface area contributed by atoms with E-state index < -0.39 is 12.0 Å². The molecule has 2 amide bonds. The van der Waals surface area contributed by atoms with Crippen molar-refractivity contribution in [2.24, 2.45) is 0 Å². The maximum absolute atomic E-state index is 11.7. The van der Waals surface area contributed by atoms with Crippen molar-refractivity contribution >= 4 is 29.3 Å². The highest BCUT2D eigenvalue weighted by molar-refractivity contribution is 6.33. The van der Waals surface area contributed by atoms with Crippen LogP contribution in [-0.4, -0.2) is 22.3 Å². The van der Waals surface area contributed by atoms with Crippen LogP contribution < -0.4 is 10.6 Å². The van der Waals surface area contributed by atoms with Gasteiger partial charge in [-0.15, -0.1) is 0 Å². The number of nitrogens with one attached hydrogen (secondary N) is 2. The van der Waals surface area contributed by atoms with E-state index in [9.17, 15) is 9.59 Å². The predicted molar refractivity (Wildman–Crippen MR) is 70.8 cm³/mol. The van der Waals surface area contributed by atoms with Gasteiger partial charge in [0, 0.05) is 6.07 Å². The van der Waals surface area contributed by atoms with Crippen LogP contribution in [0.1, 0.15) is 16.1 Å². The minimum Gasteiger partial charge on any atom is -0.478 e. The van der Waals surface area contributed by atoms with Crippen LogP contribution in [0.3, 0.4) is 0 Å². The van der Waals surface area contributed by atoms with E-state index in [-0.39, 0.29) is 22.8 Å². The van der Waals surface area contributed by atoms with E-state index in [1.807, 2.05) is 0 Å². The quantitative estimate of drug-likeness (QED) is 0.803. The van der Waals surface area contributed by atoms with Crippen LogP contribution in [0.2, 0.25) is 5.02 Å². The predicted octanol–water partition coefficient (Wildman–Crippen LogP) is 2.35. The fourth-order valence-electron chi connectivity index (χ4n) is 1.42. The van der Waals surface area contributed by atoms with Gasteiger partial charge >= 0.3 is 12.0 Å². The molecule has 0 aliphatic carbocycles. The normalized spacial score (nSPS) is 10.1. The molecule has 0 radical (unpaired) electrons. The molecule has 0 saturated heterocycles. The van der Waals surface area contributed by atoms with Crippen molar-refractivity contribution in [3.63, 3.8) is 0 Å². The summed E-state index contributed by atoms with van der Waals surface area (Å²) in [6, 6.07) is 5.10. The first kappa shape index (κ1) is 13.9. The molecule has 1 aromatic heterocycles. The average Bonchev–Trinajstić information content (AvgIpc) is 2.92. The van der Waals surface area contributed by atoms with E-state index in [0.29, 0.717) is 5.76 Å². The molecule has 8 heteroatoms. The van der Waals surface area contributed by atoms with Crippen LogP contribution in [0.4, 0.5) is 10.5 Å². The molecule has 0 aliphatic rings. The number of rotatable bonds is 4. The van der Waals surface area contributed by atoms with Crippen molar-refractivity contribution in [2.75, 3.05) is 5.32 Å². The van der Waals surface area contributed by atoms with Crippen molar-refractivity contribution in [2.45, 2.75) is 6.54 Å². The minimum atomic E-state index is -1.10. The lowest BCUT2D eigenvalue weighted by atomic mass is 10.2. The first-order valence-electron chi connectivity index (χ1n) is 5.53. The number of nitrogens with zero attached hydrogens (tertiary/aromatic N) is 1. The molecule has 2 aromatic rings. The number of halogens is 1. The highest BCUT2D eigenvalue weighted by Gasteiger charge is 2.10. The van der Waals surface area contributed by atoms with Gasteiger partial charge in [0.25, 0.3) is 0 Å². The summed E-state index contributed by atoms with van der Waals surface area (Å²) < 4.78 is 4.81. The number of anilines is 1. The highest BCUT2D eigenvalue weighted by atomic mass is 35.5. The van der Waals surface area contributed by atoms with E-state index in [0.717, 1.165) is 0 Å². The Bertz CT molecular complexity index is 628. The Morgan fingerprint density at radius 2 is 2.15 bits per heavy atom. The summed E-state index contributed by atoms with van der Waals surface area (Å²) in [6.45, 7) is 0.155. The summed E-state index contributed by atoms with van der Waals surface area (Å²) in [7, 11) is 0. The van der Waals surface area contributed by atoms with Gasteiger partial charge in [0.15, 0.2) is 5.76 Å². The van der Waals surface area contributed by atoms with Crippen LogP contribution in [0.25, 0.3) is 0 Å². The molecule has 0 atom stereocenters. The second-order valence-corrected chi connectivity index (χ2v) is 4.19. The second-order valence-electron chi connectivity index (χ2n) is 3.79. The smallest absolute Gasteiger partial charge is 0.335 e.